The van der Waals surface area contributed by atoms with Gasteiger partial charge in [0.15, 0.2) is 12.4 Å². The first-order valence-corrected chi connectivity index (χ1v) is 28.4. The predicted octanol–water partition coefficient (Wildman–Crippen LogP) is 12.6. The Bertz CT molecular complexity index is 1650. The van der Waals surface area contributed by atoms with Gasteiger partial charge in [0, 0.05) is 12.8 Å². The Morgan fingerprint density at radius 3 is 1.27 bits per heavy atom. The summed E-state index contributed by atoms with van der Waals surface area (Å²) in [4.78, 5) is 25.6. The highest BCUT2D eigenvalue weighted by Gasteiger charge is 2.46. The van der Waals surface area contributed by atoms with Crippen LogP contribution < -0.4 is 0 Å². The molecule has 1 rings (SSSR count). The molecule has 1 fully saturated rings. The Morgan fingerprint density at radius 1 is 0.486 bits per heavy atom. The quantitative estimate of drug-likeness (QED) is 0.0196. The lowest BCUT2D eigenvalue weighted by atomic mass is 10.00. The van der Waals surface area contributed by atoms with Crippen molar-refractivity contribution in [3.05, 3.63) is 97.2 Å². The van der Waals surface area contributed by atoms with Crippen LogP contribution in [0.2, 0.25) is 0 Å². The second kappa shape index (κ2) is 45.4. The van der Waals surface area contributed by atoms with Crippen molar-refractivity contribution in [2.24, 2.45) is 0 Å². The molecule has 13 heteroatoms. The van der Waals surface area contributed by atoms with Crippen LogP contribution >= 0.6 is 0 Å². The molecule has 6 unspecified atom stereocenters. The van der Waals surface area contributed by atoms with Crippen molar-refractivity contribution < 1.29 is 56.8 Å². The normalized spacial score (nSPS) is 19.8. The Balaban J connectivity index is 2.37. The number of aliphatic hydroxyl groups is 3. The van der Waals surface area contributed by atoms with Crippen LogP contribution in [0.4, 0.5) is 0 Å². The Hall–Kier alpha value is -3.43. The molecule has 0 saturated carbocycles. The molecule has 1 heterocycles. The van der Waals surface area contributed by atoms with Gasteiger partial charge in [-0.3, -0.25) is 14.1 Å². The maximum absolute atomic E-state index is 12.9. The van der Waals surface area contributed by atoms with E-state index in [9.17, 15) is 37.9 Å². The van der Waals surface area contributed by atoms with Crippen molar-refractivity contribution >= 4 is 22.1 Å². The summed E-state index contributed by atoms with van der Waals surface area (Å²) in [6, 6.07) is 0. The average molecular weight is 1000 g/mol. The number of esters is 2. The molecular weight excluding hydrogens is 909 g/mol. The van der Waals surface area contributed by atoms with E-state index in [2.05, 4.69) is 111 Å². The lowest BCUT2D eigenvalue weighted by molar-refractivity contribution is -0.297. The maximum atomic E-state index is 12.9. The van der Waals surface area contributed by atoms with Crippen LogP contribution in [0.5, 0.6) is 0 Å². The van der Waals surface area contributed by atoms with E-state index < -0.39 is 71.2 Å². The molecule has 0 aliphatic carbocycles. The van der Waals surface area contributed by atoms with Gasteiger partial charge in [-0.25, -0.2) is 0 Å². The van der Waals surface area contributed by atoms with Gasteiger partial charge in [0.05, 0.1) is 6.61 Å². The van der Waals surface area contributed by atoms with Crippen LogP contribution in [0.15, 0.2) is 97.2 Å². The second-order valence-corrected chi connectivity index (χ2v) is 19.6. The van der Waals surface area contributed by atoms with E-state index in [1.807, 2.05) is 0 Å². The van der Waals surface area contributed by atoms with Crippen molar-refractivity contribution in [3.8, 4) is 0 Å². The number of hydrogen-bond acceptors (Lipinski definition) is 11. The molecule has 12 nitrogen and oxygen atoms in total. The number of ether oxygens (including phenoxy) is 4. The van der Waals surface area contributed by atoms with Crippen molar-refractivity contribution in [1.29, 1.82) is 0 Å². The fourth-order valence-electron chi connectivity index (χ4n) is 7.60. The molecule has 0 radical (unpaired) electrons. The van der Waals surface area contributed by atoms with Crippen molar-refractivity contribution in [2.45, 2.75) is 230 Å². The van der Waals surface area contributed by atoms with Crippen molar-refractivity contribution in [1.82, 2.24) is 0 Å². The second-order valence-electron chi connectivity index (χ2n) is 18.1. The third kappa shape index (κ3) is 39.2. The lowest BCUT2D eigenvalue weighted by Crippen LogP contribution is -2.60. The van der Waals surface area contributed by atoms with E-state index in [0.717, 1.165) is 116 Å². The van der Waals surface area contributed by atoms with Crippen LogP contribution in [-0.2, 0) is 38.7 Å². The Kier molecular flexibility index (Phi) is 41.9. The van der Waals surface area contributed by atoms with Crippen molar-refractivity contribution in [3.63, 3.8) is 0 Å². The highest BCUT2D eigenvalue weighted by Crippen LogP contribution is 2.24. The molecule has 0 bridgehead atoms. The summed E-state index contributed by atoms with van der Waals surface area (Å²) in [5.41, 5.74) is 0. The van der Waals surface area contributed by atoms with E-state index in [1.54, 1.807) is 0 Å². The summed E-state index contributed by atoms with van der Waals surface area (Å²) in [5, 5.41) is 31.0. The summed E-state index contributed by atoms with van der Waals surface area (Å²) in [7, 11) is -4.61. The summed E-state index contributed by atoms with van der Waals surface area (Å²) in [6.07, 6.45) is 52.9. The molecule has 70 heavy (non-hydrogen) atoms. The minimum Gasteiger partial charge on any atom is -0.462 e. The van der Waals surface area contributed by atoms with Gasteiger partial charge in [-0.05, 0) is 89.9 Å². The highest BCUT2D eigenvalue weighted by molar-refractivity contribution is 7.85. The molecule has 0 aromatic rings. The molecule has 1 aliphatic rings. The number of rotatable bonds is 44. The summed E-state index contributed by atoms with van der Waals surface area (Å²) in [5.74, 6) is -2.01. The minimum absolute atomic E-state index is 0.147. The standard InChI is InChI=1S/C57H94O12S/c1-3-5-7-9-11-13-15-17-19-21-23-25-27-29-31-33-35-37-39-41-43-45-52(58)66-47-50(48-67-57-56(62)55(61)54(60)51(69-57)49-70(63,64)65)68-53(59)46-44-42-40-38-36-34-32-30-28-26-24-22-20-18-16-14-12-10-8-6-4-2/h5-8,11-14,17-20,23-26,50-51,54-57,60-62H,3-4,9-10,15-16,21-22,27-49H2,1-2H3,(H,63,64,65)/b7-5-,8-6-,13-11-,14-12-,19-17-,20-18-,25-23-,26-24-. The first-order chi connectivity index (χ1) is 34.0. The molecule has 0 aromatic heterocycles. The average Bonchev–Trinajstić information content (AvgIpc) is 3.33. The molecule has 0 spiro atoms. The summed E-state index contributed by atoms with van der Waals surface area (Å²) < 4.78 is 54.3. The Labute approximate surface area is 423 Å². The number of unbranched alkanes of at least 4 members (excludes halogenated alkanes) is 16. The van der Waals surface area contributed by atoms with Gasteiger partial charge in [-0.15, -0.1) is 0 Å². The molecule has 4 N–H and O–H groups in total. The summed E-state index contributed by atoms with van der Waals surface area (Å²) in [6.45, 7) is 3.54. The first kappa shape index (κ1) is 64.6. The number of carbonyl (C=O) groups excluding carboxylic acids is 2. The monoisotopic (exact) mass is 1000 g/mol. The van der Waals surface area contributed by atoms with Gasteiger partial charge in [0.25, 0.3) is 10.1 Å². The fourth-order valence-corrected chi connectivity index (χ4v) is 8.29. The molecule has 1 aliphatic heterocycles. The number of allylic oxidation sites excluding steroid dienone is 16. The van der Waals surface area contributed by atoms with Crippen LogP contribution in [0.1, 0.15) is 194 Å². The number of hydrogen-bond donors (Lipinski definition) is 4. The summed E-state index contributed by atoms with van der Waals surface area (Å²) >= 11 is 0. The maximum Gasteiger partial charge on any atom is 0.306 e. The predicted molar refractivity (Wildman–Crippen MR) is 284 cm³/mol. The SMILES string of the molecule is CC/C=C\C/C=C\C/C=C\C/C=C\CCCCCCCCCCC(=O)OCC(COC1OC(CS(=O)(=O)O)C(O)C(O)C1O)OC(=O)CCCCCCCCCC/C=C\C/C=C\C/C=C\C/C=C\CC. The topological polar surface area (TPSA) is 186 Å². The minimum atomic E-state index is -4.61. The molecule has 400 valence electrons. The van der Waals surface area contributed by atoms with Crippen LogP contribution in [0.25, 0.3) is 0 Å². The molecule has 0 amide bonds. The molecule has 1 saturated heterocycles. The van der Waals surface area contributed by atoms with Crippen LogP contribution in [0.3, 0.4) is 0 Å². The fraction of sp³-hybridized carbons (Fsp3) is 0.684. The zero-order chi connectivity index (χ0) is 51.2. The van der Waals surface area contributed by atoms with Gasteiger partial charge in [0.1, 0.15) is 36.8 Å². The van der Waals surface area contributed by atoms with Gasteiger partial charge in [-0.2, -0.15) is 8.42 Å². The third-order valence-corrected chi connectivity index (χ3v) is 12.4. The van der Waals surface area contributed by atoms with Gasteiger partial charge < -0.3 is 34.3 Å². The van der Waals surface area contributed by atoms with E-state index >= 15 is 0 Å². The van der Waals surface area contributed by atoms with E-state index in [-0.39, 0.29) is 19.4 Å². The highest BCUT2D eigenvalue weighted by atomic mass is 32.2. The zero-order valence-corrected chi connectivity index (χ0v) is 43.9. The van der Waals surface area contributed by atoms with Crippen LogP contribution in [-0.4, -0.2) is 96.0 Å². The van der Waals surface area contributed by atoms with Gasteiger partial charge in [0.2, 0.25) is 0 Å². The largest absolute Gasteiger partial charge is 0.462 e. The number of aliphatic hydroxyl groups excluding tert-OH is 3. The van der Waals surface area contributed by atoms with Gasteiger partial charge >= 0.3 is 11.9 Å². The van der Waals surface area contributed by atoms with E-state index in [1.165, 1.54) is 38.5 Å². The van der Waals surface area contributed by atoms with Crippen molar-refractivity contribution in [2.75, 3.05) is 19.0 Å². The van der Waals surface area contributed by atoms with E-state index in [4.69, 9.17) is 18.9 Å². The number of carbonyl (C=O) groups is 2. The zero-order valence-electron chi connectivity index (χ0n) is 43.1. The third-order valence-electron chi connectivity index (χ3n) is 11.7. The molecule has 6 atom stereocenters. The molecular formula is C57H94O12S. The lowest BCUT2D eigenvalue weighted by Gasteiger charge is -2.40. The first-order valence-electron chi connectivity index (χ1n) is 26.8. The Morgan fingerprint density at radius 2 is 0.857 bits per heavy atom. The van der Waals surface area contributed by atoms with Crippen LogP contribution in [0, 0.1) is 0 Å². The molecule has 0 aromatic carbocycles. The van der Waals surface area contributed by atoms with E-state index in [0.29, 0.717) is 12.8 Å². The smallest absolute Gasteiger partial charge is 0.306 e. The van der Waals surface area contributed by atoms with Gasteiger partial charge in [-0.1, -0.05) is 188 Å².